The first-order valence-electron chi connectivity index (χ1n) is 9.68. The molecule has 0 radical (unpaired) electrons. The van der Waals surface area contributed by atoms with Gasteiger partial charge < -0.3 is 10.1 Å². The van der Waals surface area contributed by atoms with E-state index in [-0.39, 0.29) is 29.2 Å². The lowest BCUT2D eigenvalue weighted by molar-refractivity contribution is -0.119. The zero-order chi connectivity index (χ0) is 23.3. The largest absolute Gasteiger partial charge is 0.452 e. The summed E-state index contributed by atoms with van der Waals surface area (Å²) in [5.74, 6) is -2.63. The lowest BCUT2D eigenvalue weighted by Crippen LogP contribution is -2.36. The quantitative estimate of drug-likeness (QED) is 0.635. The number of benzene rings is 2. The first-order chi connectivity index (χ1) is 15.2. The van der Waals surface area contributed by atoms with Gasteiger partial charge in [-0.2, -0.15) is 9.57 Å². The van der Waals surface area contributed by atoms with Crippen LogP contribution >= 0.6 is 11.6 Å². The Labute approximate surface area is 189 Å². The number of nitrogens with one attached hydrogen (secondary N) is 1. The zero-order valence-electron chi connectivity index (χ0n) is 16.8. The number of piperidine rings is 1. The Hall–Kier alpha value is -3.00. The van der Waals surface area contributed by atoms with E-state index in [0.717, 1.165) is 24.6 Å². The van der Waals surface area contributed by atoms with Gasteiger partial charge in [0.2, 0.25) is 10.0 Å². The molecule has 0 atom stereocenters. The molecule has 0 bridgehead atoms. The molecule has 1 fully saturated rings. The van der Waals surface area contributed by atoms with Crippen molar-refractivity contribution >= 4 is 39.2 Å². The van der Waals surface area contributed by atoms with Gasteiger partial charge in [-0.3, -0.25) is 4.79 Å². The second-order valence-corrected chi connectivity index (χ2v) is 9.35. The molecule has 0 unspecified atom stereocenters. The van der Waals surface area contributed by atoms with Crippen molar-refractivity contribution in [2.75, 3.05) is 25.0 Å². The van der Waals surface area contributed by atoms with Crippen molar-refractivity contribution in [3.63, 3.8) is 0 Å². The van der Waals surface area contributed by atoms with Crippen LogP contribution in [0.25, 0.3) is 0 Å². The third-order valence-electron chi connectivity index (χ3n) is 4.81. The van der Waals surface area contributed by atoms with Gasteiger partial charge >= 0.3 is 5.97 Å². The Kier molecular flexibility index (Phi) is 7.45. The Morgan fingerprint density at radius 1 is 1.16 bits per heavy atom. The van der Waals surface area contributed by atoms with Gasteiger partial charge in [-0.15, -0.1) is 0 Å². The van der Waals surface area contributed by atoms with E-state index in [2.05, 4.69) is 5.32 Å². The number of hydrogen-bond acceptors (Lipinski definition) is 6. The Morgan fingerprint density at radius 2 is 1.88 bits per heavy atom. The van der Waals surface area contributed by atoms with E-state index >= 15 is 0 Å². The zero-order valence-corrected chi connectivity index (χ0v) is 18.4. The Morgan fingerprint density at radius 3 is 2.53 bits per heavy atom. The molecule has 0 spiro atoms. The van der Waals surface area contributed by atoms with Gasteiger partial charge in [0.15, 0.2) is 6.61 Å². The molecule has 168 valence electrons. The first-order valence-corrected chi connectivity index (χ1v) is 11.5. The van der Waals surface area contributed by atoms with Crippen LogP contribution in [0.4, 0.5) is 10.1 Å². The molecule has 1 aliphatic heterocycles. The standard InChI is InChI=1S/C21H19ClFN3O5S/c22-17-11-16(6-4-15(17)12-24)25-20(27)13-31-21(28)14-5-7-18(23)19(10-14)32(29,30)26-8-2-1-3-9-26/h4-7,10-11H,1-3,8-9,13H2,(H,25,27). The van der Waals surface area contributed by atoms with E-state index in [1.807, 2.05) is 6.07 Å². The summed E-state index contributed by atoms with van der Waals surface area (Å²) < 4.78 is 45.9. The third-order valence-corrected chi connectivity index (χ3v) is 7.03. The summed E-state index contributed by atoms with van der Waals surface area (Å²) in [6.07, 6.45) is 2.27. The van der Waals surface area contributed by atoms with Gasteiger partial charge in [0.05, 0.1) is 16.1 Å². The molecular weight excluding hydrogens is 461 g/mol. The van der Waals surface area contributed by atoms with Gasteiger partial charge in [-0.05, 0) is 49.2 Å². The normalized spacial score (nSPS) is 14.4. The van der Waals surface area contributed by atoms with Gasteiger partial charge in [-0.1, -0.05) is 18.0 Å². The molecule has 1 saturated heterocycles. The van der Waals surface area contributed by atoms with E-state index in [4.69, 9.17) is 21.6 Å². The van der Waals surface area contributed by atoms with Crippen LogP contribution in [-0.4, -0.2) is 44.3 Å². The van der Waals surface area contributed by atoms with Crippen molar-refractivity contribution < 1.29 is 27.1 Å². The molecule has 2 aromatic rings. The molecule has 11 heteroatoms. The van der Waals surface area contributed by atoms with Crippen molar-refractivity contribution in [1.82, 2.24) is 4.31 Å². The number of nitriles is 1. The minimum Gasteiger partial charge on any atom is -0.452 e. The maximum atomic E-state index is 14.3. The second-order valence-electron chi connectivity index (χ2n) is 7.04. The van der Waals surface area contributed by atoms with Crippen LogP contribution in [0.2, 0.25) is 5.02 Å². The number of amides is 1. The molecule has 1 amide bonds. The fraction of sp³-hybridized carbons (Fsp3) is 0.286. The summed E-state index contributed by atoms with van der Waals surface area (Å²) in [4.78, 5) is 23.8. The maximum Gasteiger partial charge on any atom is 0.338 e. The van der Waals surface area contributed by atoms with E-state index in [1.165, 1.54) is 22.5 Å². The lowest BCUT2D eigenvalue weighted by atomic mass is 10.2. The lowest BCUT2D eigenvalue weighted by Gasteiger charge is -2.26. The number of halogens is 2. The molecule has 32 heavy (non-hydrogen) atoms. The fourth-order valence-electron chi connectivity index (χ4n) is 3.17. The van der Waals surface area contributed by atoms with E-state index in [1.54, 1.807) is 0 Å². The van der Waals surface area contributed by atoms with Crippen LogP contribution in [0, 0.1) is 17.1 Å². The fourth-order valence-corrected chi connectivity index (χ4v) is 5.00. The van der Waals surface area contributed by atoms with Crippen LogP contribution < -0.4 is 5.32 Å². The highest BCUT2D eigenvalue weighted by Gasteiger charge is 2.29. The smallest absolute Gasteiger partial charge is 0.338 e. The number of carbonyl (C=O) groups is 2. The highest BCUT2D eigenvalue weighted by Crippen LogP contribution is 2.24. The van der Waals surface area contributed by atoms with Crippen LogP contribution in [-0.2, 0) is 19.6 Å². The van der Waals surface area contributed by atoms with Crippen molar-refractivity contribution in [2.24, 2.45) is 0 Å². The van der Waals surface area contributed by atoms with E-state index in [0.29, 0.717) is 18.5 Å². The average Bonchev–Trinajstić information content (AvgIpc) is 2.78. The monoisotopic (exact) mass is 479 g/mol. The molecular formula is C21H19ClFN3O5S. The molecule has 8 nitrogen and oxygen atoms in total. The van der Waals surface area contributed by atoms with Crippen LogP contribution in [0.5, 0.6) is 0 Å². The molecule has 0 aliphatic carbocycles. The van der Waals surface area contributed by atoms with E-state index < -0.39 is 39.2 Å². The van der Waals surface area contributed by atoms with Gasteiger partial charge in [0.25, 0.3) is 5.91 Å². The first kappa shape index (κ1) is 23.7. The number of carbonyl (C=O) groups excluding carboxylic acids is 2. The van der Waals surface area contributed by atoms with E-state index in [9.17, 15) is 22.4 Å². The summed E-state index contributed by atoms with van der Waals surface area (Å²) >= 11 is 5.90. The van der Waals surface area contributed by atoms with Gasteiger partial charge in [0.1, 0.15) is 16.8 Å². The number of nitrogens with zero attached hydrogens (tertiary/aromatic N) is 2. The number of sulfonamides is 1. The summed E-state index contributed by atoms with van der Waals surface area (Å²) in [6.45, 7) is -0.0893. The number of ether oxygens (including phenoxy) is 1. The van der Waals surface area contributed by atoms with Gasteiger partial charge in [0, 0.05) is 18.8 Å². The van der Waals surface area contributed by atoms with Crippen molar-refractivity contribution in [2.45, 2.75) is 24.2 Å². The van der Waals surface area contributed by atoms with Crippen molar-refractivity contribution in [3.8, 4) is 6.07 Å². The predicted molar refractivity (Wildman–Crippen MR) is 114 cm³/mol. The molecule has 0 saturated carbocycles. The molecule has 1 aliphatic rings. The second kappa shape index (κ2) is 10.1. The summed E-state index contributed by atoms with van der Waals surface area (Å²) in [7, 11) is -4.09. The van der Waals surface area contributed by atoms with Crippen LogP contribution in [0.1, 0.15) is 35.2 Å². The maximum absolute atomic E-state index is 14.3. The van der Waals surface area contributed by atoms with Crippen molar-refractivity contribution in [1.29, 1.82) is 5.26 Å². The Balaban J connectivity index is 1.66. The SMILES string of the molecule is N#Cc1ccc(NC(=O)COC(=O)c2ccc(F)c(S(=O)(=O)N3CCCCC3)c2)cc1Cl. The minimum atomic E-state index is -4.09. The summed E-state index contributed by atoms with van der Waals surface area (Å²) in [5.41, 5.74) is 0.339. The topological polar surface area (TPSA) is 117 Å². The molecule has 1 N–H and O–H groups in total. The number of esters is 1. The number of rotatable bonds is 6. The number of anilines is 1. The van der Waals surface area contributed by atoms with Crippen molar-refractivity contribution in [3.05, 3.63) is 58.4 Å². The molecule has 1 heterocycles. The molecule has 3 rings (SSSR count). The third kappa shape index (κ3) is 5.43. The average molecular weight is 480 g/mol. The summed E-state index contributed by atoms with van der Waals surface area (Å²) in [6, 6.07) is 9.03. The summed E-state index contributed by atoms with van der Waals surface area (Å²) in [5, 5.41) is 11.5. The van der Waals surface area contributed by atoms with Crippen LogP contribution in [0.3, 0.4) is 0 Å². The van der Waals surface area contributed by atoms with Gasteiger partial charge in [-0.25, -0.2) is 17.6 Å². The van der Waals surface area contributed by atoms with Crippen LogP contribution in [0.15, 0.2) is 41.3 Å². The Bertz CT molecular complexity index is 1190. The predicted octanol–water partition coefficient (Wildman–Crippen LogP) is 3.32. The number of hydrogen-bond donors (Lipinski definition) is 1. The molecule has 2 aromatic carbocycles. The highest BCUT2D eigenvalue weighted by atomic mass is 35.5. The minimum absolute atomic E-state index is 0.149. The highest BCUT2D eigenvalue weighted by molar-refractivity contribution is 7.89. The molecule has 0 aromatic heterocycles.